The molecule has 1 atom stereocenters. The number of nitrogen functional groups attached to an aromatic ring is 1. The fourth-order valence-corrected chi connectivity index (χ4v) is 4.17. The van der Waals surface area contributed by atoms with Gasteiger partial charge < -0.3 is 15.1 Å². The van der Waals surface area contributed by atoms with E-state index in [2.05, 4.69) is 0 Å². The minimum atomic E-state index is -4.38. The number of rotatable bonds is 5. The summed E-state index contributed by atoms with van der Waals surface area (Å²) in [5, 5.41) is 0.232. The molecule has 0 saturated heterocycles. The molecule has 1 aromatic rings. The quantitative estimate of drug-likeness (QED) is 0.390. The van der Waals surface area contributed by atoms with Crippen molar-refractivity contribution in [2.24, 2.45) is 0 Å². The van der Waals surface area contributed by atoms with Crippen LogP contribution in [0.2, 0.25) is 29.7 Å². The van der Waals surface area contributed by atoms with Gasteiger partial charge in [0.05, 0.1) is 27.8 Å². The Hall–Kier alpha value is -0.963. The molecule has 0 spiro atoms. The molecular weight excluding hydrogens is 408 g/mol. The molecule has 0 bridgehead atoms. The van der Waals surface area contributed by atoms with Gasteiger partial charge in [0.25, 0.3) is 0 Å². The fourth-order valence-electron chi connectivity index (χ4n) is 2.14. The van der Waals surface area contributed by atoms with E-state index in [-0.39, 0.29) is 21.3 Å². The van der Waals surface area contributed by atoms with Crippen molar-refractivity contribution in [3.05, 3.63) is 27.7 Å². The van der Waals surface area contributed by atoms with Gasteiger partial charge in [-0.15, -0.1) is 0 Å². The molecule has 4 nitrogen and oxygen atoms in total. The maximum Gasteiger partial charge on any atom is 0.392 e. The lowest BCUT2D eigenvalue weighted by atomic mass is 9.92. The van der Waals surface area contributed by atoms with Crippen molar-refractivity contribution in [2.75, 3.05) is 19.8 Å². The SMILES string of the molecule is CC(CC(F)(F)F)(O[Si](C)(C)C)c1cc(Cl)c(N)c(Cl)c1.CN(C)C=O. The van der Waals surface area contributed by atoms with Crippen LogP contribution in [-0.2, 0) is 14.8 Å². The Kier molecular flexibility index (Phi) is 8.95. The summed E-state index contributed by atoms with van der Waals surface area (Å²) >= 11 is 11.9. The van der Waals surface area contributed by atoms with Crippen molar-refractivity contribution in [2.45, 2.75) is 44.8 Å². The van der Waals surface area contributed by atoms with E-state index in [1.807, 2.05) is 19.6 Å². The summed E-state index contributed by atoms with van der Waals surface area (Å²) in [6.45, 7) is 6.86. The standard InChI is InChI=1S/C13H18Cl2F3NOSi.C3H7NO/c1-12(7-13(16,17)18,20-21(2,3)4)8-5-9(14)11(19)10(15)6-8;1-4(2)3-5/h5-6H,7,19H2,1-4H3;3H,1-2H3. The second kappa shape index (κ2) is 9.30. The van der Waals surface area contributed by atoms with E-state index in [1.54, 1.807) is 14.1 Å². The second-order valence-corrected chi connectivity index (χ2v) is 12.4. The monoisotopic (exact) mass is 432 g/mol. The lowest BCUT2D eigenvalue weighted by Gasteiger charge is -2.37. The van der Waals surface area contributed by atoms with E-state index >= 15 is 0 Å². The number of carbonyl (C=O) groups excluding carboxylic acids is 1. The molecule has 0 aliphatic rings. The molecule has 0 saturated carbocycles. The molecular formula is C16H25Cl2F3N2O2Si. The van der Waals surface area contributed by atoms with Crippen molar-refractivity contribution >= 4 is 43.6 Å². The normalized spacial score (nSPS) is 14.1. The van der Waals surface area contributed by atoms with Gasteiger partial charge in [-0.3, -0.25) is 4.79 Å². The highest BCUT2D eigenvalue weighted by atomic mass is 35.5. The molecule has 10 heteroatoms. The summed E-state index contributed by atoms with van der Waals surface area (Å²) < 4.78 is 44.6. The maximum atomic E-state index is 12.9. The van der Waals surface area contributed by atoms with E-state index in [9.17, 15) is 18.0 Å². The van der Waals surface area contributed by atoms with Crippen molar-refractivity contribution in [1.29, 1.82) is 0 Å². The summed E-state index contributed by atoms with van der Waals surface area (Å²) in [5.41, 5.74) is 4.49. The molecule has 26 heavy (non-hydrogen) atoms. The number of nitrogens with two attached hydrogens (primary N) is 1. The zero-order valence-electron chi connectivity index (χ0n) is 15.7. The summed E-state index contributed by atoms with van der Waals surface area (Å²) in [6.07, 6.45) is -4.75. The molecule has 1 aromatic carbocycles. The number of carbonyl (C=O) groups is 1. The van der Waals surface area contributed by atoms with Crippen LogP contribution >= 0.6 is 23.2 Å². The van der Waals surface area contributed by atoms with Gasteiger partial charge in [-0.25, -0.2) is 0 Å². The minimum Gasteiger partial charge on any atom is -0.408 e. The fraction of sp³-hybridized carbons (Fsp3) is 0.562. The average molecular weight is 433 g/mol. The number of hydrogen-bond donors (Lipinski definition) is 1. The van der Waals surface area contributed by atoms with E-state index in [0.717, 1.165) is 6.41 Å². The lowest BCUT2D eigenvalue weighted by Crippen LogP contribution is -2.41. The third kappa shape index (κ3) is 9.11. The summed E-state index contributed by atoms with van der Waals surface area (Å²) in [4.78, 5) is 10.9. The largest absolute Gasteiger partial charge is 0.408 e. The van der Waals surface area contributed by atoms with E-state index in [4.69, 9.17) is 33.4 Å². The minimum absolute atomic E-state index is 0.116. The highest BCUT2D eigenvalue weighted by Crippen LogP contribution is 2.42. The van der Waals surface area contributed by atoms with Gasteiger partial charge in [-0.05, 0) is 44.3 Å². The Bertz CT molecular complexity index is 581. The molecule has 1 unspecified atom stereocenters. The van der Waals surface area contributed by atoms with E-state index in [0.29, 0.717) is 0 Å². The summed E-state index contributed by atoms with van der Waals surface area (Å²) in [6, 6.07) is 2.77. The van der Waals surface area contributed by atoms with Gasteiger partial charge in [-0.1, -0.05) is 23.2 Å². The zero-order valence-corrected chi connectivity index (χ0v) is 18.2. The zero-order chi connectivity index (χ0) is 20.9. The molecule has 0 radical (unpaired) electrons. The van der Waals surface area contributed by atoms with Crippen molar-refractivity contribution in [1.82, 2.24) is 4.90 Å². The molecule has 1 amide bonds. The summed E-state index contributed by atoms with van der Waals surface area (Å²) in [5.74, 6) is 0. The Morgan fingerprint density at radius 1 is 1.19 bits per heavy atom. The van der Waals surface area contributed by atoms with Gasteiger partial charge >= 0.3 is 6.18 Å². The van der Waals surface area contributed by atoms with Gasteiger partial charge in [0, 0.05) is 14.1 Å². The highest BCUT2D eigenvalue weighted by molar-refractivity contribution is 6.69. The van der Waals surface area contributed by atoms with Crippen LogP contribution in [0.15, 0.2) is 12.1 Å². The first-order valence-corrected chi connectivity index (χ1v) is 11.8. The van der Waals surface area contributed by atoms with Crippen LogP contribution in [0.4, 0.5) is 18.9 Å². The second-order valence-electron chi connectivity index (χ2n) is 7.16. The number of alkyl halides is 3. The van der Waals surface area contributed by atoms with Crippen molar-refractivity contribution in [3.8, 4) is 0 Å². The van der Waals surface area contributed by atoms with Gasteiger partial charge in [0.1, 0.15) is 0 Å². The number of hydrogen-bond acceptors (Lipinski definition) is 3. The van der Waals surface area contributed by atoms with E-state index < -0.39 is 26.5 Å². The molecule has 0 aliphatic heterocycles. The first-order chi connectivity index (χ1) is 11.5. The topological polar surface area (TPSA) is 55.6 Å². The van der Waals surface area contributed by atoms with Gasteiger partial charge in [0.2, 0.25) is 6.41 Å². The van der Waals surface area contributed by atoms with Crippen LogP contribution < -0.4 is 5.73 Å². The number of nitrogens with zero attached hydrogens (tertiary/aromatic N) is 1. The Morgan fingerprint density at radius 2 is 1.58 bits per heavy atom. The Morgan fingerprint density at radius 3 is 1.85 bits per heavy atom. The smallest absolute Gasteiger partial charge is 0.392 e. The van der Waals surface area contributed by atoms with Crippen LogP contribution in [-0.4, -0.2) is 39.9 Å². The first-order valence-electron chi connectivity index (χ1n) is 7.64. The van der Waals surface area contributed by atoms with Gasteiger partial charge in [0.15, 0.2) is 8.32 Å². The number of amides is 1. The van der Waals surface area contributed by atoms with Crippen LogP contribution in [0.25, 0.3) is 0 Å². The van der Waals surface area contributed by atoms with Crippen LogP contribution in [0.1, 0.15) is 18.9 Å². The predicted molar refractivity (Wildman–Crippen MR) is 103 cm³/mol. The average Bonchev–Trinajstić information content (AvgIpc) is 2.40. The molecule has 150 valence electrons. The molecule has 0 aliphatic carbocycles. The third-order valence-corrected chi connectivity index (χ3v) is 4.66. The third-order valence-electron chi connectivity index (χ3n) is 2.97. The first kappa shape index (κ1) is 25.0. The molecule has 2 N–H and O–H groups in total. The lowest BCUT2D eigenvalue weighted by molar-refractivity contribution is -0.170. The molecule has 0 aromatic heterocycles. The highest BCUT2D eigenvalue weighted by Gasteiger charge is 2.44. The van der Waals surface area contributed by atoms with Crippen LogP contribution in [0.3, 0.4) is 0 Å². The molecule has 1 rings (SSSR count). The van der Waals surface area contributed by atoms with Crippen LogP contribution in [0, 0.1) is 0 Å². The number of anilines is 1. The Balaban J connectivity index is 0.00000110. The maximum absolute atomic E-state index is 12.9. The number of benzene rings is 1. The number of halogens is 5. The Labute approximate surface area is 163 Å². The van der Waals surface area contributed by atoms with Crippen molar-refractivity contribution < 1.29 is 22.4 Å². The van der Waals surface area contributed by atoms with Crippen molar-refractivity contribution in [3.63, 3.8) is 0 Å². The predicted octanol–water partition coefficient (Wildman–Crippen LogP) is 5.30. The van der Waals surface area contributed by atoms with Gasteiger partial charge in [-0.2, -0.15) is 13.2 Å². The molecule has 0 fully saturated rings. The van der Waals surface area contributed by atoms with E-state index in [1.165, 1.54) is 24.0 Å². The molecule has 0 heterocycles. The van der Waals surface area contributed by atoms with Crippen LogP contribution in [0.5, 0.6) is 0 Å². The summed E-state index contributed by atoms with van der Waals surface area (Å²) in [7, 11) is 1.13.